The summed E-state index contributed by atoms with van der Waals surface area (Å²) in [5.41, 5.74) is -0.606. The standard InChI is InChI=1S/C14H27NO3/c1-11(17)9-15(14(2,3)10-16)13(18)12-7-5-4-6-8-12/h11-12,16-17H,4-10H2,1-3H3. The van der Waals surface area contributed by atoms with Crippen LogP contribution >= 0.6 is 0 Å². The lowest BCUT2D eigenvalue weighted by molar-refractivity contribution is -0.145. The van der Waals surface area contributed by atoms with E-state index in [4.69, 9.17) is 0 Å². The van der Waals surface area contributed by atoms with E-state index in [-0.39, 0.29) is 18.4 Å². The van der Waals surface area contributed by atoms with Gasteiger partial charge >= 0.3 is 0 Å². The fraction of sp³-hybridized carbons (Fsp3) is 0.929. The van der Waals surface area contributed by atoms with E-state index >= 15 is 0 Å². The van der Waals surface area contributed by atoms with Crippen LogP contribution in [0.3, 0.4) is 0 Å². The van der Waals surface area contributed by atoms with E-state index in [2.05, 4.69) is 0 Å². The molecule has 0 aliphatic heterocycles. The van der Waals surface area contributed by atoms with Crippen LogP contribution in [-0.2, 0) is 4.79 Å². The van der Waals surface area contributed by atoms with Crippen molar-refractivity contribution in [1.29, 1.82) is 0 Å². The maximum absolute atomic E-state index is 12.5. The van der Waals surface area contributed by atoms with Gasteiger partial charge in [-0.05, 0) is 33.6 Å². The zero-order chi connectivity index (χ0) is 13.8. The third-order valence-corrected chi connectivity index (χ3v) is 3.78. The van der Waals surface area contributed by atoms with E-state index in [1.165, 1.54) is 6.42 Å². The molecule has 1 aliphatic rings. The Morgan fingerprint density at radius 2 is 1.89 bits per heavy atom. The van der Waals surface area contributed by atoms with Crippen LogP contribution in [0.4, 0.5) is 0 Å². The predicted molar refractivity (Wildman–Crippen MR) is 71.1 cm³/mol. The molecule has 1 saturated carbocycles. The fourth-order valence-corrected chi connectivity index (χ4v) is 2.55. The Kier molecular flexibility index (Phi) is 5.60. The molecule has 0 saturated heterocycles. The fourth-order valence-electron chi connectivity index (χ4n) is 2.55. The molecule has 4 nitrogen and oxygen atoms in total. The van der Waals surface area contributed by atoms with Crippen molar-refractivity contribution >= 4 is 5.91 Å². The summed E-state index contributed by atoms with van der Waals surface area (Å²) in [6, 6.07) is 0. The van der Waals surface area contributed by atoms with Gasteiger partial charge in [0.15, 0.2) is 0 Å². The molecule has 1 fully saturated rings. The molecule has 0 spiro atoms. The Balaban J connectivity index is 2.77. The zero-order valence-corrected chi connectivity index (χ0v) is 11.9. The minimum atomic E-state index is -0.606. The van der Waals surface area contributed by atoms with Crippen molar-refractivity contribution in [3.8, 4) is 0 Å². The summed E-state index contributed by atoms with van der Waals surface area (Å²) in [4.78, 5) is 14.2. The molecule has 0 bridgehead atoms. The van der Waals surface area contributed by atoms with Gasteiger partial charge in [-0.3, -0.25) is 4.79 Å². The van der Waals surface area contributed by atoms with Crippen LogP contribution in [-0.4, -0.2) is 45.8 Å². The SMILES string of the molecule is CC(O)CN(C(=O)C1CCCCC1)C(C)(C)CO. The highest BCUT2D eigenvalue weighted by molar-refractivity contribution is 5.79. The van der Waals surface area contributed by atoms with Crippen LogP contribution in [0.1, 0.15) is 52.9 Å². The first-order valence-corrected chi connectivity index (χ1v) is 6.99. The molecule has 2 N–H and O–H groups in total. The van der Waals surface area contributed by atoms with Gasteiger partial charge in [-0.1, -0.05) is 19.3 Å². The number of hydrogen-bond acceptors (Lipinski definition) is 3. The lowest BCUT2D eigenvalue weighted by Crippen LogP contribution is -2.54. The van der Waals surface area contributed by atoms with E-state index in [0.29, 0.717) is 6.54 Å². The van der Waals surface area contributed by atoms with Crippen molar-refractivity contribution in [2.24, 2.45) is 5.92 Å². The molecular formula is C14H27NO3. The molecule has 4 heteroatoms. The van der Waals surface area contributed by atoms with Gasteiger partial charge in [-0.15, -0.1) is 0 Å². The zero-order valence-electron chi connectivity index (χ0n) is 11.9. The number of amides is 1. The van der Waals surface area contributed by atoms with Gasteiger partial charge in [0.2, 0.25) is 5.91 Å². The van der Waals surface area contributed by atoms with Crippen LogP contribution in [0.2, 0.25) is 0 Å². The molecule has 1 rings (SSSR count). The monoisotopic (exact) mass is 257 g/mol. The van der Waals surface area contributed by atoms with Gasteiger partial charge in [-0.25, -0.2) is 0 Å². The Bertz CT molecular complexity index is 270. The van der Waals surface area contributed by atoms with Crippen LogP contribution in [0.5, 0.6) is 0 Å². The topological polar surface area (TPSA) is 60.8 Å². The highest BCUT2D eigenvalue weighted by Gasteiger charge is 2.35. The second kappa shape index (κ2) is 6.53. The number of nitrogens with zero attached hydrogens (tertiary/aromatic N) is 1. The second-order valence-electron chi connectivity index (χ2n) is 6.10. The summed E-state index contributed by atoms with van der Waals surface area (Å²) in [5, 5.41) is 19.0. The van der Waals surface area contributed by atoms with E-state index < -0.39 is 11.6 Å². The van der Waals surface area contributed by atoms with Crippen LogP contribution in [0, 0.1) is 5.92 Å². The van der Waals surface area contributed by atoms with Gasteiger partial charge in [-0.2, -0.15) is 0 Å². The van der Waals surface area contributed by atoms with E-state index in [0.717, 1.165) is 25.7 Å². The first-order chi connectivity index (χ1) is 8.38. The first-order valence-electron chi connectivity index (χ1n) is 6.99. The molecule has 0 heterocycles. The molecule has 0 aromatic heterocycles. The van der Waals surface area contributed by atoms with Gasteiger partial charge < -0.3 is 15.1 Å². The van der Waals surface area contributed by atoms with Crippen LogP contribution in [0.25, 0.3) is 0 Å². The van der Waals surface area contributed by atoms with Gasteiger partial charge in [0.1, 0.15) is 0 Å². The number of aliphatic hydroxyl groups is 2. The maximum Gasteiger partial charge on any atom is 0.226 e. The van der Waals surface area contributed by atoms with Crippen molar-refractivity contribution in [2.45, 2.75) is 64.5 Å². The molecule has 106 valence electrons. The van der Waals surface area contributed by atoms with Crippen molar-refractivity contribution in [1.82, 2.24) is 4.90 Å². The minimum absolute atomic E-state index is 0.0725. The summed E-state index contributed by atoms with van der Waals surface area (Å²) >= 11 is 0. The Hall–Kier alpha value is -0.610. The number of rotatable bonds is 5. The van der Waals surface area contributed by atoms with Crippen molar-refractivity contribution < 1.29 is 15.0 Å². The molecule has 0 aromatic carbocycles. The summed E-state index contributed by atoms with van der Waals surface area (Å²) in [5.74, 6) is 0.165. The maximum atomic E-state index is 12.5. The quantitative estimate of drug-likeness (QED) is 0.785. The normalized spacial score (nSPS) is 19.6. The summed E-state index contributed by atoms with van der Waals surface area (Å²) < 4.78 is 0. The third-order valence-electron chi connectivity index (χ3n) is 3.78. The highest BCUT2D eigenvalue weighted by atomic mass is 16.3. The van der Waals surface area contributed by atoms with Crippen molar-refractivity contribution in [2.75, 3.05) is 13.2 Å². The molecule has 1 unspecified atom stereocenters. The summed E-state index contributed by atoms with van der Waals surface area (Å²) in [7, 11) is 0. The number of carbonyl (C=O) groups excluding carboxylic acids is 1. The molecule has 18 heavy (non-hydrogen) atoms. The highest BCUT2D eigenvalue weighted by Crippen LogP contribution is 2.28. The minimum Gasteiger partial charge on any atom is -0.394 e. The van der Waals surface area contributed by atoms with Crippen LogP contribution < -0.4 is 0 Å². The number of carbonyl (C=O) groups is 1. The van der Waals surface area contributed by atoms with E-state index in [9.17, 15) is 15.0 Å². The largest absolute Gasteiger partial charge is 0.394 e. The second-order valence-corrected chi connectivity index (χ2v) is 6.10. The Labute approximate surface area is 110 Å². The van der Waals surface area contributed by atoms with Gasteiger partial charge in [0.25, 0.3) is 0 Å². The molecular weight excluding hydrogens is 230 g/mol. The van der Waals surface area contributed by atoms with E-state index in [1.54, 1.807) is 11.8 Å². The first kappa shape index (κ1) is 15.4. The summed E-state index contributed by atoms with van der Waals surface area (Å²) in [6.07, 6.45) is 4.75. The molecule has 1 aliphatic carbocycles. The Morgan fingerprint density at radius 3 is 2.33 bits per heavy atom. The van der Waals surface area contributed by atoms with Crippen molar-refractivity contribution in [3.63, 3.8) is 0 Å². The van der Waals surface area contributed by atoms with Crippen LogP contribution in [0.15, 0.2) is 0 Å². The summed E-state index contributed by atoms with van der Waals surface area (Å²) in [6.45, 7) is 5.57. The Morgan fingerprint density at radius 1 is 1.33 bits per heavy atom. The molecule has 1 atom stereocenters. The van der Waals surface area contributed by atoms with E-state index in [1.807, 2.05) is 13.8 Å². The molecule has 0 aromatic rings. The smallest absolute Gasteiger partial charge is 0.226 e. The molecule has 1 amide bonds. The average Bonchev–Trinajstić information content (AvgIpc) is 2.36. The number of β-amino-alcohol motifs (C(OH)–C–C–N with tert-alkyl or cyclic N) is 1. The number of aliphatic hydroxyl groups excluding tert-OH is 2. The third kappa shape index (κ3) is 3.95. The molecule has 0 radical (unpaired) electrons. The van der Waals surface area contributed by atoms with Crippen molar-refractivity contribution in [3.05, 3.63) is 0 Å². The predicted octanol–water partition coefficient (Wildman–Crippen LogP) is 1.55. The lowest BCUT2D eigenvalue weighted by Gasteiger charge is -2.40. The van der Waals surface area contributed by atoms with Gasteiger partial charge in [0.05, 0.1) is 18.2 Å². The van der Waals surface area contributed by atoms with Gasteiger partial charge in [0, 0.05) is 12.5 Å². The lowest BCUT2D eigenvalue weighted by atomic mass is 9.87. The average molecular weight is 257 g/mol. The number of hydrogen-bond donors (Lipinski definition) is 2.